The lowest BCUT2D eigenvalue weighted by Crippen LogP contribution is -2.92. The Morgan fingerprint density at radius 2 is 1.83 bits per heavy atom. The number of allylic oxidation sites excluding steroid dienone is 2. The van der Waals surface area contributed by atoms with E-state index in [4.69, 9.17) is 10.5 Å². The zero-order valence-corrected chi connectivity index (χ0v) is 25.3. The van der Waals surface area contributed by atoms with E-state index in [9.17, 15) is 31.9 Å². The maximum Gasteiger partial charge on any atom is 0.416 e. The van der Waals surface area contributed by atoms with E-state index in [0.717, 1.165) is 21.3 Å². The van der Waals surface area contributed by atoms with Crippen LogP contribution in [0.2, 0.25) is 0 Å². The summed E-state index contributed by atoms with van der Waals surface area (Å²) >= 11 is 0. The average molecular weight is 648 g/mol. The normalized spacial score (nSPS) is 13.5. The molecule has 0 saturated heterocycles. The van der Waals surface area contributed by atoms with Crippen molar-refractivity contribution in [2.45, 2.75) is 12.7 Å². The second-order valence-corrected chi connectivity index (χ2v) is 10.3. The number of benzene rings is 2. The Morgan fingerprint density at radius 3 is 2.39 bits per heavy atom. The van der Waals surface area contributed by atoms with Crippen LogP contribution in [0.3, 0.4) is 0 Å². The topological polar surface area (TPSA) is 166 Å². The third kappa shape index (κ3) is 7.27. The number of carbonyl (C=O) groups excluding carboxylic acids is 1. The maximum absolute atomic E-state index is 15.0. The molecule has 2 amide bonds. The summed E-state index contributed by atoms with van der Waals surface area (Å²) in [6.07, 6.45) is -2.11. The summed E-state index contributed by atoms with van der Waals surface area (Å²) in [6.45, 7) is -0.882. The summed E-state index contributed by atoms with van der Waals surface area (Å²) in [5.74, 6) is -1.38. The first-order chi connectivity index (χ1) is 21.7. The fourth-order valence-corrected chi connectivity index (χ4v) is 4.64. The minimum Gasteiger partial charge on any atom is -0.479 e. The van der Waals surface area contributed by atoms with E-state index in [1.807, 2.05) is 0 Å². The van der Waals surface area contributed by atoms with Crippen LogP contribution in [0.4, 0.5) is 39.5 Å². The van der Waals surface area contributed by atoms with E-state index in [-0.39, 0.29) is 23.6 Å². The molecule has 2 heterocycles. The predicted molar refractivity (Wildman–Crippen MR) is 162 cm³/mol. The number of hydrogen-bond donors (Lipinski definition) is 6. The van der Waals surface area contributed by atoms with Crippen LogP contribution in [0.1, 0.15) is 16.7 Å². The monoisotopic (exact) mass is 647 g/mol. The maximum atomic E-state index is 15.0. The minimum absolute atomic E-state index is 0.0178. The Bertz CT molecular complexity index is 1840. The number of nitrogens with one attached hydrogen (secondary N) is 4. The summed E-state index contributed by atoms with van der Waals surface area (Å²) in [6, 6.07) is 8.43. The first-order valence-electron chi connectivity index (χ1n) is 13.7. The molecule has 2 aromatic carbocycles. The first-order valence-corrected chi connectivity index (χ1v) is 13.7. The van der Waals surface area contributed by atoms with E-state index >= 15 is 0 Å². The average Bonchev–Trinajstić information content (AvgIpc) is 3.00. The van der Waals surface area contributed by atoms with Gasteiger partial charge in [-0.2, -0.15) is 28.6 Å². The van der Waals surface area contributed by atoms with Gasteiger partial charge in [0.25, 0.3) is 5.56 Å². The molecule has 244 valence electrons. The number of rotatable bonds is 9. The van der Waals surface area contributed by atoms with E-state index in [1.54, 1.807) is 43.3 Å². The zero-order chi connectivity index (χ0) is 33.8. The Balaban J connectivity index is 2.00. The fourth-order valence-electron chi connectivity index (χ4n) is 4.64. The number of aromatic nitrogens is 2. The van der Waals surface area contributed by atoms with Gasteiger partial charge < -0.3 is 21.1 Å². The van der Waals surface area contributed by atoms with Gasteiger partial charge in [0.05, 0.1) is 25.8 Å². The summed E-state index contributed by atoms with van der Waals surface area (Å²) in [4.78, 5) is 44.5. The first kappa shape index (κ1) is 33.5. The lowest BCUT2D eigenvalue weighted by Gasteiger charge is -2.20. The number of nitrogen functional groups attached to an aromatic ring is 1. The number of amides is 2. The number of anilines is 2. The molecular formula is C29H33F4N9O4+2. The molecule has 0 spiro atoms. The van der Waals surface area contributed by atoms with E-state index < -0.39 is 52.8 Å². The summed E-state index contributed by atoms with van der Waals surface area (Å²) in [5, 5.41) is 5.05. The molecule has 46 heavy (non-hydrogen) atoms. The number of hydrogen-bond acceptors (Lipinski definition) is 7. The van der Waals surface area contributed by atoms with Crippen molar-refractivity contribution in [3.8, 4) is 0 Å². The third-order valence-corrected chi connectivity index (χ3v) is 6.81. The Hall–Kier alpha value is -5.42. The molecule has 0 radical (unpaired) electrons. The van der Waals surface area contributed by atoms with Gasteiger partial charge in [0.1, 0.15) is 17.2 Å². The van der Waals surface area contributed by atoms with Crippen molar-refractivity contribution in [1.82, 2.24) is 24.8 Å². The van der Waals surface area contributed by atoms with Crippen LogP contribution in [0, 0.1) is 5.82 Å². The van der Waals surface area contributed by atoms with Crippen molar-refractivity contribution < 1.29 is 37.5 Å². The molecule has 0 fully saturated rings. The standard InChI is InChI=1S/C29H31F4N9O4/c1-35-27(44)37-17-10-8-16(9-11-17)36-21(15-40(2)3)24-25(34)41(14-18-19(29(31,32)33)6-5-7-20(18)30)28(45)42(26(24)43)22-12-13-23(46-4)39-38-22/h5-13,38-39H,14-15,34H2,1-4H3,(H2,35,37,44)/p+2. The third-order valence-electron chi connectivity index (χ3n) is 6.81. The second kappa shape index (κ2) is 13.7. The molecule has 13 nitrogen and oxygen atoms in total. The molecule has 0 bridgehead atoms. The Labute approximate surface area is 259 Å². The molecule has 17 heteroatoms. The van der Waals surface area contributed by atoms with Gasteiger partial charge in [-0.15, -0.1) is 0 Å². The molecule has 4 rings (SSSR count). The van der Waals surface area contributed by atoms with Crippen LogP contribution in [0.5, 0.6) is 0 Å². The molecule has 0 atom stereocenters. The van der Waals surface area contributed by atoms with Crippen LogP contribution in [-0.4, -0.2) is 60.6 Å². The number of alkyl halides is 3. The molecule has 0 unspecified atom stereocenters. The molecule has 0 aliphatic carbocycles. The molecule has 3 aromatic rings. The smallest absolute Gasteiger partial charge is 0.416 e. The number of nitrogens with two attached hydrogens (primary N) is 2. The van der Waals surface area contributed by atoms with Gasteiger partial charge in [0.2, 0.25) is 23.1 Å². The zero-order valence-electron chi connectivity index (χ0n) is 25.3. The van der Waals surface area contributed by atoms with Gasteiger partial charge in [0, 0.05) is 42.6 Å². The van der Waals surface area contributed by atoms with Crippen molar-refractivity contribution in [1.29, 1.82) is 0 Å². The minimum atomic E-state index is -4.94. The molecular weight excluding hydrogens is 614 g/mol. The molecule has 0 saturated carbocycles. The predicted octanol–water partition coefficient (Wildman–Crippen LogP) is -0.319. The van der Waals surface area contributed by atoms with Crippen LogP contribution >= 0.6 is 0 Å². The number of ether oxygens (including phenoxy) is 1. The number of nitrogens with zero attached hydrogens (tertiary/aromatic N) is 3. The lowest BCUT2D eigenvalue weighted by atomic mass is 10.1. The number of carbonyl (C=O) groups is 1. The van der Waals surface area contributed by atoms with Crippen molar-refractivity contribution in [3.63, 3.8) is 0 Å². The van der Waals surface area contributed by atoms with Crippen molar-refractivity contribution >= 4 is 34.8 Å². The largest absolute Gasteiger partial charge is 0.479 e. The van der Waals surface area contributed by atoms with Crippen LogP contribution in [0.15, 0.2) is 70.1 Å². The van der Waals surface area contributed by atoms with Gasteiger partial charge in [-0.1, -0.05) is 6.07 Å². The summed E-state index contributed by atoms with van der Waals surface area (Å²) in [5.41, 5.74) is 7.27. The van der Waals surface area contributed by atoms with Crippen molar-refractivity contribution in [2.75, 3.05) is 45.8 Å². The van der Waals surface area contributed by atoms with Crippen LogP contribution < -0.4 is 43.5 Å². The van der Waals surface area contributed by atoms with E-state index in [2.05, 4.69) is 21.1 Å². The summed E-state index contributed by atoms with van der Waals surface area (Å²) < 4.78 is 63.3. The SMILES string of the molecule is CNC(=O)Nc1ccc([NH+]=C(CN(C)C)c2c(N)n(Cc3c(F)cccc3C(F)(F)F)c(=O)n(C3=CC=C(OC)N[NH2+]3)c2=O)cc1. The molecule has 8 N–H and O–H groups in total. The fraction of sp³-hybridized carbons (Fsp3) is 0.241. The van der Waals surface area contributed by atoms with Gasteiger partial charge in [-0.3, -0.25) is 14.3 Å². The second-order valence-electron chi connectivity index (χ2n) is 10.3. The number of urea groups is 1. The van der Waals surface area contributed by atoms with Gasteiger partial charge >= 0.3 is 17.9 Å². The highest BCUT2D eigenvalue weighted by molar-refractivity contribution is 6.01. The number of halogens is 4. The number of likely N-dealkylation sites (N-methyl/N-ethyl adjacent to an activating group) is 1. The molecule has 1 aliphatic heterocycles. The van der Waals surface area contributed by atoms with Gasteiger partial charge in [-0.25, -0.2) is 19.0 Å². The summed E-state index contributed by atoms with van der Waals surface area (Å²) in [7, 11) is 6.27. The van der Waals surface area contributed by atoms with Crippen molar-refractivity contribution in [3.05, 3.63) is 104 Å². The van der Waals surface area contributed by atoms with Crippen LogP contribution in [-0.2, 0) is 17.5 Å². The molecule has 1 aliphatic rings. The highest BCUT2D eigenvalue weighted by Crippen LogP contribution is 2.33. The number of quaternary nitrogens is 1. The quantitative estimate of drug-likeness (QED) is 0.105. The lowest BCUT2D eigenvalue weighted by molar-refractivity contribution is -0.629. The highest BCUT2D eigenvalue weighted by Gasteiger charge is 2.36. The Kier molecular flexibility index (Phi) is 9.97. The number of methoxy groups -OCH3 is 1. The molecule has 1 aromatic heterocycles. The van der Waals surface area contributed by atoms with Crippen LogP contribution in [0.25, 0.3) is 5.82 Å². The van der Waals surface area contributed by atoms with Crippen molar-refractivity contribution in [2.24, 2.45) is 0 Å². The van der Waals surface area contributed by atoms with E-state index in [0.29, 0.717) is 23.3 Å². The van der Waals surface area contributed by atoms with Gasteiger partial charge in [-0.05, 0) is 38.4 Å². The highest BCUT2D eigenvalue weighted by atomic mass is 19.4. The van der Waals surface area contributed by atoms with E-state index in [1.165, 1.54) is 31.7 Å². The Morgan fingerprint density at radius 1 is 1.13 bits per heavy atom. The van der Waals surface area contributed by atoms with Gasteiger partial charge in [0.15, 0.2) is 0 Å².